The average molecular weight is 241 g/mol. The summed E-state index contributed by atoms with van der Waals surface area (Å²) in [5.74, 6) is -3.05. The third kappa shape index (κ3) is 2.44. The van der Waals surface area contributed by atoms with Crippen molar-refractivity contribution in [2.45, 2.75) is 18.8 Å². The lowest BCUT2D eigenvalue weighted by Crippen LogP contribution is -2.29. The highest BCUT2D eigenvalue weighted by Gasteiger charge is 2.22. The van der Waals surface area contributed by atoms with E-state index in [1.54, 1.807) is 0 Å². The molecule has 1 atom stereocenters. The van der Waals surface area contributed by atoms with Crippen LogP contribution in [0.3, 0.4) is 0 Å². The van der Waals surface area contributed by atoms with Gasteiger partial charge in [-0.15, -0.1) is 0 Å². The maximum Gasteiger partial charge on any atom is 0.338 e. The highest BCUT2D eigenvalue weighted by Crippen LogP contribution is 2.27. The molecule has 17 heavy (non-hydrogen) atoms. The summed E-state index contributed by atoms with van der Waals surface area (Å²) in [5, 5.41) is 11.8. The normalized spacial score (nSPS) is 20.2. The van der Waals surface area contributed by atoms with Crippen molar-refractivity contribution in [1.29, 1.82) is 0 Å². The van der Waals surface area contributed by atoms with Crippen molar-refractivity contribution in [2.75, 3.05) is 13.1 Å². The van der Waals surface area contributed by atoms with Crippen LogP contribution in [0.15, 0.2) is 12.1 Å². The maximum atomic E-state index is 13.7. The van der Waals surface area contributed by atoms with E-state index in [9.17, 15) is 13.6 Å². The summed E-state index contributed by atoms with van der Waals surface area (Å²) in [7, 11) is 0. The van der Waals surface area contributed by atoms with Crippen molar-refractivity contribution in [3.8, 4) is 0 Å². The molecule has 1 heterocycles. The first-order valence-electron chi connectivity index (χ1n) is 5.52. The van der Waals surface area contributed by atoms with Crippen LogP contribution in [-0.4, -0.2) is 24.2 Å². The fourth-order valence-electron chi connectivity index (χ4n) is 2.16. The lowest BCUT2D eigenvalue weighted by Gasteiger charge is -2.23. The van der Waals surface area contributed by atoms with E-state index >= 15 is 0 Å². The number of carbonyl (C=O) groups is 1. The van der Waals surface area contributed by atoms with E-state index in [0.717, 1.165) is 31.5 Å². The minimum absolute atomic E-state index is 0.0823. The predicted molar refractivity (Wildman–Crippen MR) is 58.2 cm³/mol. The van der Waals surface area contributed by atoms with Gasteiger partial charge in [-0.2, -0.15) is 0 Å². The monoisotopic (exact) mass is 241 g/mol. The Morgan fingerprint density at radius 1 is 1.35 bits per heavy atom. The molecule has 1 aliphatic rings. The molecule has 0 aliphatic carbocycles. The molecule has 0 saturated carbocycles. The number of aromatic carboxylic acids is 1. The maximum absolute atomic E-state index is 13.7. The second kappa shape index (κ2) is 4.79. The summed E-state index contributed by atoms with van der Waals surface area (Å²) < 4.78 is 27.2. The van der Waals surface area contributed by atoms with Crippen LogP contribution in [0.5, 0.6) is 0 Å². The fourth-order valence-corrected chi connectivity index (χ4v) is 2.16. The summed E-state index contributed by atoms with van der Waals surface area (Å²) in [5.41, 5.74) is -0.352. The van der Waals surface area contributed by atoms with Gasteiger partial charge in [0.2, 0.25) is 0 Å². The number of benzene rings is 1. The zero-order valence-electron chi connectivity index (χ0n) is 9.17. The molecule has 0 aromatic heterocycles. The Bertz CT molecular complexity index is 442. The van der Waals surface area contributed by atoms with Crippen molar-refractivity contribution >= 4 is 5.97 Å². The quantitative estimate of drug-likeness (QED) is 0.834. The summed E-state index contributed by atoms with van der Waals surface area (Å²) >= 11 is 0. The first kappa shape index (κ1) is 12.0. The van der Waals surface area contributed by atoms with E-state index in [2.05, 4.69) is 5.32 Å². The van der Waals surface area contributed by atoms with Crippen LogP contribution in [0, 0.1) is 11.6 Å². The van der Waals surface area contributed by atoms with Gasteiger partial charge >= 0.3 is 5.97 Å². The number of rotatable bonds is 2. The van der Waals surface area contributed by atoms with E-state index in [-0.39, 0.29) is 11.5 Å². The first-order chi connectivity index (χ1) is 8.09. The van der Waals surface area contributed by atoms with Crippen LogP contribution >= 0.6 is 0 Å². The molecule has 1 saturated heterocycles. The smallest absolute Gasteiger partial charge is 0.338 e. The molecule has 0 spiro atoms. The summed E-state index contributed by atoms with van der Waals surface area (Å²) in [6.45, 7) is 1.48. The largest absolute Gasteiger partial charge is 0.478 e. The Balaban J connectivity index is 2.35. The van der Waals surface area contributed by atoms with Gasteiger partial charge in [0.05, 0.1) is 5.56 Å². The Morgan fingerprint density at radius 3 is 2.71 bits per heavy atom. The van der Waals surface area contributed by atoms with Gasteiger partial charge in [0, 0.05) is 6.54 Å². The SMILES string of the molecule is O=C(O)c1cc(F)c(C2CCCNC2)cc1F. The molecule has 0 amide bonds. The molecule has 2 N–H and O–H groups in total. The molecule has 1 aromatic carbocycles. The third-order valence-electron chi connectivity index (χ3n) is 3.05. The molecule has 1 aliphatic heterocycles. The molecular weight excluding hydrogens is 228 g/mol. The van der Waals surface area contributed by atoms with E-state index in [1.165, 1.54) is 0 Å². The van der Waals surface area contributed by atoms with Crippen molar-refractivity contribution in [3.63, 3.8) is 0 Å². The highest BCUT2D eigenvalue weighted by molar-refractivity contribution is 5.88. The van der Waals surface area contributed by atoms with Gasteiger partial charge in [0.1, 0.15) is 11.6 Å². The number of carboxylic acid groups (broad SMARTS) is 1. The van der Waals surface area contributed by atoms with Crippen LogP contribution in [0.1, 0.15) is 34.7 Å². The van der Waals surface area contributed by atoms with Crippen LogP contribution < -0.4 is 5.32 Å². The molecule has 1 aromatic rings. The standard InChI is InChI=1S/C12H13F2NO2/c13-10-5-9(12(16)17)11(14)4-8(10)7-2-1-3-15-6-7/h4-5,7,15H,1-3,6H2,(H,16,17). The molecule has 92 valence electrons. The number of piperidine rings is 1. The summed E-state index contributed by atoms with van der Waals surface area (Å²) in [4.78, 5) is 10.6. The van der Waals surface area contributed by atoms with Crippen LogP contribution in [0.4, 0.5) is 8.78 Å². The lowest BCUT2D eigenvalue weighted by atomic mass is 9.90. The average Bonchev–Trinajstić information content (AvgIpc) is 2.32. The number of halogens is 2. The van der Waals surface area contributed by atoms with Gasteiger partial charge in [0.25, 0.3) is 0 Å². The molecule has 0 radical (unpaired) electrons. The Hall–Kier alpha value is -1.49. The summed E-state index contributed by atoms with van der Waals surface area (Å²) in [6, 6.07) is 1.78. The molecule has 5 heteroatoms. The predicted octanol–water partition coefficient (Wildman–Crippen LogP) is 2.13. The Morgan fingerprint density at radius 2 is 2.12 bits per heavy atom. The highest BCUT2D eigenvalue weighted by atomic mass is 19.1. The zero-order valence-corrected chi connectivity index (χ0v) is 9.17. The molecule has 1 unspecified atom stereocenters. The van der Waals surface area contributed by atoms with E-state index in [0.29, 0.717) is 6.54 Å². The molecule has 3 nitrogen and oxygen atoms in total. The van der Waals surface area contributed by atoms with Gasteiger partial charge in [-0.25, -0.2) is 13.6 Å². The van der Waals surface area contributed by atoms with Crippen LogP contribution in [0.2, 0.25) is 0 Å². The minimum Gasteiger partial charge on any atom is -0.478 e. The van der Waals surface area contributed by atoms with Gasteiger partial charge in [0.15, 0.2) is 0 Å². The van der Waals surface area contributed by atoms with Gasteiger partial charge in [-0.1, -0.05) is 0 Å². The first-order valence-corrected chi connectivity index (χ1v) is 5.52. The second-order valence-corrected chi connectivity index (χ2v) is 4.20. The van der Waals surface area contributed by atoms with Crippen molar-refractivity contribution in [3.05, 3.63) is 34.9 Å². The van der Waals surface area contributed by atoms with Crippen molar-refractivity contribution < 1.29 is 18.7 Å². The molecule has 1 fully saturated rings. The minimum atomic E-state index is -1.45. The van der Waals surface area contributed by atoms with E-state index in [4.69, 9.17) is 5.11 Å². The van der Waals surface area contributed by atoms with E-state index < -0.39 is 23.2 Å². The van der Waals surface area contributed by atoms with Gasteiger partial charge < -0.3 is 10.4 Å². The summed E-state index contributed by atoms with van der Waals surface area (Å²) in [6.07, 6.45) is 1.70. The van der Waals surface area contributed by atoms with Crippen molar-refractivity contribution in [2.24, 2.45) is 0 Å². The lowest BCUT2D eigenvalue weighted by molar-refractivity contribution is 0.0691. The third-order valence-corrected chi connectivity index (χ3v) is 3.05. The van der Waals surface area contributed by atoms with Crippen LogP contribution in [-0.2, 0) is 0 Å². The van der Waals surface area contributed by atoms with Gasteiger partial charge in [-0.05, 0) is 43.0 Å². The molecular formula is C12H13F2NO2. The number of hydrogen-bond donors (Lipinski definition) is 2. The Labute approximate surface area is 97.5 Å². The Kier molecular flexibility index (Phi) is 3.38. The number of nitrogens with one attached hydrogen (secondary N) is 1. The topological polar surface area (TPSA) is 49.3 Å². The molecule has 2 rings (SSSR count). The van der Waals surface area contributed by atoms with Crippen LogP contribution in [0.25, 0.3) is 0 Å². The van der Waals surface area contributed by atoms with Crippen molar-refractivity contribution in [1.82, 2.24) is 5.32 Å². The second-order valence-electron chi connectivity index (χ2n) is 4.20. The zero-order chi connectivity index (χ0) is 12.4. The molecule has 0 bridgehead atoms. The fraction of sp³-hybridized carbons (Fsp3) is 0.417. The number of hydrogen-bond acceptors (Lipinski definition) is 2. The van der Waals surface area contributed by atoms with Gasteiger partial charge in [-0.3, -0.25) is 0 Å². The van der Waals surface area contributed by atoms with E-state index in [1.807, 2.05) is 0 Å². The number of carboxylic acids is 1.